The molecule has 170 valence electrons. The predicted molar refractivity (Wildman–Crippen MR) is 117 cm³/mol. The molecule has 0 amide bonds. The Morgan fingerprint density at radius 1 is 0.875 bits per heavy atom. The highest BCUT2D eigenvalue weighted by Crippen LogP contribution is 2.32. The standard InChI is InChI=1S/C21H20F2N2O5S2/c1-3-25(15-7-5-4-6-8-15)32(28,29)17-10-12-21(30-2)20(14-17)24-31(26,27)16-9-11-18(22)19(23)13-16/h4-14,24H,3H2,1-2H3. The van der Waals surface area contributed by atoms with Gasteiger partial charge in [0.05, 0.1) is 28.3 Å². The van der Waals surface area contributed by atoms with Crippen molar-refractivity contribution in [3.8, 4) is 5.75 Å². The van der Waals surface area contributed by atoms with E-state index in [1.54, 1.807) is 37.3 Å². The number of sulfonamides is 2. The topological polar surface area (TPSA) is 92.8 Å². The van der Waals surface area contributed by atoms with Crippen molar-refractivity contribution in [3.05, 3.63) is 78.4 Å². The van der Waals surface area contributed by atoms with Gasteiger partial charge in [-0.15, -0.1) is 0 Å². The second-order valence-electron chi connectivity index (χ2n) is 6.55. The Morgan fingerprint density at radius 2 is 1.53 bits per heavy atom. The second kappa shape index (κ2) is 9.13. The Kier molecular flexibility index (Phi) is 6.70. The zero-order valence-electron chi connectivity index (χ0n) is 17.1. The van der Waals surface area contributed by atoms with Gasteiger partial charge < -0.3 is 4.74 Å². The van der Waals surface area contributed by atoms with E-state index in [1.165, 1.54) is 23.5 Å². The van der Waals surface area contributed by atoms with Gasteiger partial charge >= 0.3 is 0 Å². The number of ether oxygens (including phenoxy) is 1. The maximum atomic E-state index is 13.5. The molecule has 0 atom stereocenters. The third-order valence-electron chi connectivity index (χ3n) is 4.54. The summed E-state index contributed by atoms with van der Waals surface area (Å²) < 4.78 is 87.1. The number of halogens is 2. The number of methoxy groups -OCH3 is 1. The number of rotatable bonds is 8. The molecule has 0 spiro atoms. The number of anilines is 2. The lowest BCUT2D eigenvalue weighted by Crippen LogP contribution is -2.30. The molecule has 1 N–H and O–H groups in total. The monoisotopic (exact) mass is 482 g/mol. The molecule has 0 aliphatic heterocycles. The van der Waals surface area contributed by atoms with Crippen LogP contribution in [-0.2, 0) is 20.0 Å². The second-order valence-corrected chi connectivity index (χ2v) is 10.1. The largest absolute Gasteiger partial charge is 0.495 e. The lowest BCUT2D eigenvalue weighted by atomic mass is 10.3. The smallest absolute Gasteiger partial charge is 0.264 e. The number of nitrogens with one attached hydrogen (secondary N) is 1. The highest BCUT2D eigenvalue weighted by Gasteiger charge is 2.26. The molecule has 7 nitrogen and oxygen atoms in total. The van der Waals surface area contributed by atoms with E-state index in [4.69, 9.17) is 4.74 Å². The van der Waals surface area contributed by atoms with Crippen molar-refractivity contribution < 1.29 is 30.4 Å². The molecule has 0 aliphatic carbocycles. The van der Waals surface area contributed by atoms with Crippen molar-refractivity contribution >= 4 is 31.4 Å². The van der Waals surface area contributed by atoms with Gasteiger partial charge in [-0.1, -0.05) is 18.2 Å². The molecule has 0 aliphatic rings. The molecule has 0 fully saturated rings. The third-order valence-corrected chi connectivity index (χ3v) is 7.80. The van der Waals surface area contributed by atoms with Gasteiger partial charge in [-0.3, -0.25) is 9.03 Å². The van der Waals surface area contributed by atoms with Crippen molar-refractivity contribution in [2.45, 2.75) is 16.7 Å². The van der Waals surface area contributed by atoms with Crippen LogP contribution in [-0.4, -0.2) is 30.5 Å². The summed E-state index contributed by atoms with van der Waals surface area (Å²) in [5.74, 6) is -2.49. The molecule has 0 bridgehead atoms. The van der Waals surface area contributed by atoms with Crippen molar-refractivity contribution in [1.82, 2.24) is 0 Å². The van der Waals surface area contributed by atoms with Crippen molar-refractivity contribution in [2.24, 2.45) is 0 Å². The predicted octanol–water partition coefficient (Wildman–Crippen LogP) is 3.99. The maximum absolute atomic E-state index is 13.5. The highest BCUT2D eigenvalue weighted by molar-refractivity contribution is 7.93. The van der Waals surface area contributed by atoms with Crippen molar-refractivity contribution in [1.29, 1.82) is 0 Å². The Hall–Kier alpha value is -3.18. The fraction of sp³-hybridized carbons (Fsp3) is 0.143. The molecule has 32 heavy (non-hydrogen) atoms. The van der Waals surface area contributed by atoms with E-state index in [0.717, 1.165) is 12.1 Å². The number of nitrogens with zero attached hydrogens (tertiary/aromatic N) is 1. The highest BCUT2D eigenvalue weighted by atomic mass is 32.2. The molecule has 0 saturated heterocycles. The van der Waals surface area contributed by atoms with Gasteiger partial charge in [-0.2, -0.15) is 0 Å². The van der Waals surface area contributed by atoms with E-state index in [2.05, 4.69) is 4.72 Å². The maximum Gasteiger partial charge on any atom is 0.264 e. The Balaban J connectivity index is 2.04. The first-order valence-electron chi connectivity index (χ1n) is 9.34. The van der Waals surface area contributed by atoms with E-state index >= 15 is 0 Å². The van der Waals surface area contributed by atoms with Gasteiger partial charge in [0.1, 0.15) is 5.75 Å². The van der Waals surface area contributed by atoms with Gasteiger partial charge in [0, 0.05) is 6.54 Å². The number of para-hydroxylation sites is 1. The van der Waals surface area contributed by atoms with Crippen LogP contribution in [0.25, 0.3) is 0 Å². The number of benzene rings is 3. The SMILES string of the molecule is CCN(c1ccccc1)S(=O)(=O)c1ccc(OC)c(NS(=O)(=O)c2ccc(F)c(F)c2)c1. The lowest BCUT2D eigenvalue weighted by Gasteiger charge is -2.23. The summed E-state index contributed by atoms with van der Waals surface area (Å²) in [5.41, 5.74) is 0.261. The van der Waals surface area contributed by atoms with Gasteiger partial charge in [0.2, 0.25) is 0 Å². The van der Waals surface area contributed by atoms with Crippen molar-refractivity contribution in [3.63, 3.8) is 0 Å². The minimum absolute atomic E-state index is 0.0397. The van der Waals surface area contributed by atoms with Gasteiger partial charge in [-0.25, -0.2) is 25.6 Å². The summed E-state index contributed by atoms with van der Waals surface area (Å²) >= 11 is 0. The van der Waals surface area contributed by atoms with Crippen LogP contribution in [0.1, 0.15) is 6.92 Å². The molecule has 0 heterocycles. The van der Waals surface area contributed by atoms with Crippen LogP contribution in [0.3, 0.4) is 0 Å². The molecular formula is C21H20F2N2O5S2. The summed E-state index contributed by atoms with van der Waals surface area (Å²) in [6.45, 7) is 1.80. The van der Waals surface area contributed by atoms with Crippen molar-refractivity contribution in [2.75, 3.05) is 22.7 Å². The third kappa shape index (κ3) is 4.68. The van der Waals surface area contributed by atoms with Crippen LogP contribution >= 0.6 is 0 Å². The van der Waals surface area contributed by atoms with Crippen LogP contribution in [0.2, 0.25) is 0 Å². The Morgan fingerprint density at radius 3 is 2.12 bits per heavy atom. The van der Waals surface area contributed by atoms with Crippen LogP contribution in [0.4, 0.5) is 20.2 Å². The Labute approximate surface area is 185 Å². The molecular weight excluding hydrogens is 462 g/mol. The first-order valence-corrected chi connectivity index (χ1v) is 12.3. The molecule has 3 aromatic carbocycles. The Bertz CT molecular complexity index is 1330. The molecule has 3 aromatic rings. The number of hydrogen-bond donors (Lipinski definition) is 1. The minimum Gasteiger partial charge on any atom is -0.495 e. The molecule has 11 heteroatoms. The zero-order valence-corrected chi connectivity index (χ0v) is 18.8. The van der Waals surface area contributed by atoms with E-state index in [0.29, 0.717) is 17.8 Å². The summed E-state index contributed by atoms with van der Waals surface area (Å²) in [6.07, 6.45) is 0. The van der Waals surface area contributed by atoms with E-state index in [-0.39, 0.29) is 22.9 Å². The quantitative estimate of drug-likeness (QED) is 0.524. The van der Waals surface area contributed by atoms with Gasteiger partial charge in [-0.05, 0) is 55.5 Å². The molecule has 0 radical (unpaired) electrons. The molecule has 3 rings (SSSR count). The van der Waals surface area contributed by atoms with Crippen LogP contribution in [0.15, 0.2) is 76.5 Å². The van der Waals surface area contributed by atoms with E-state index in [1.807, 2.05) is 0 Å². The van der Waals surface area contributed by atoms with Crippen LogP contribution in [0, 0.1) is 11.6 Å². The normalized spacial score (nSPS) is 11.8. The fourth-order valence-corrected chi connectivity index (χ4v) is 5.56. The molecule has 0 aromatic heterocycles. The van der Waals surface area contributed by atoms with Gasteiger partial charge in [0.15, 0.2) is 11.6 Å². The molecule has 0 unspecified atom stereocenters. The van der Waals surface area contributed by atoms with Crippen LogP contribution < -0.4 is 13.8 Å². The summed E-state index contributed by atoms with van der Waals surface area (Å²) in [7, 11) is -7.14. The van der Waals surface area contributed by atoms with Crippen LogP contribution in [0.5, 0.6) is 5.75 Å². The lowest BCUT2D eigenvalue weighted by molar-refractivity contribution is 0.416. The zero-order chi connectivity index (χ0) is 23.5. The summed E-state index contributed by atoms with van der Waals surface area (Å²) in [6, 6.07) is 14.2. The average molecular weight is 483 g/mol. The van der Waals surface area contributed by atoms with E-state index < -0.39 is 36.6 Å². The minimum atomic E-state index is -4.37. The summed E-state index contributed by atoms with van der Waals surface area (Å²) in [5, 5.41) is 0. The number of hydrogen-bond acceptors (Lipinski definition) is 5. The average Bonchev–Trinajstić information content (AvgIpc) is 2.76. The summed E-state index contributed by atoms with van der Waals surface area (Å²) in [4.78, 5) is -0.724. The van der Waals surface area contributed by atoms with E-state index in [9.17, 15) is 25.6 Å². The fourth-order valence-electron chi connectivity index (χ4n) is 2.99. The molecule has 0 saturated carbocycles. The first kappa shape index (κ1) is 23.5. The first-order chi connectivity index (χ1) is 15.1. The van der Waals surface area contributed by atoms with Gasteiger partial charge in [0.25, 0.3) is 20.0 Å².